The molecule has 0 aliphatic carbocycles. The van der Waals surface area contributed by atoms with Gasteiger partial charge in [0.2, 0.25) is 0 Å². The van der Waals surface area contributed by atoms with Crippen LogP contribution in [0.25, 0.3) is 5.69 Å². The van der Waals surface area contributed by atoms with Crippen LogP contribution in [0.15, 0.2) is 59.9 Å². The molecule has 0 atom stereocenters. The van der Waals surface area contributed by atoms with E-state index in [1.807, 2.05) is 47.2 Å². The molecule has 7 heteroatoms. The Labute approximate surface area is 162 Å². The highest BCUT2D eigenvalue weighted by molar-refractivity contribution is 7.98. The molecule has 0 unspecified atom stereocenters. The molecule has 0 saturated heterocycles. The number of aromatic nitrogens is 2. The van der Waals surface area contributed by atoms with Crippen LogP contribution in [0.4, 0.5) is 5.69 Å². The van der Waals surface area contributed by atoms with Crippen LogP contribution in [-0.2, 0) is 0 Å². The summed E-state index contributed by atoms with van der Waals surface area (Å²) in [5, 5.41) is 0.755. The summed E-state index contributed by atoms with van der Waals surface area (Å²) in [4.78, 5) is 19.2. The summed E-state index contributed by atoms with van der Waals surface area (Å²) in [5.74, 6) is 1.01. The first-order chi connectivity index (χ1) is 13.1. The lowest BCUT2D eigenvalue weighted by Crippen LogP contribution is -2.28. The third-order valence-electron chi connectivity index (χ3n) is 4.20. The van der Waals surface area contributed by atoms with Crippen LogP contribution < -0.4 is 14.4 Å². The Balaban J connectivity index is 2.00. The van der Waals surface area contributed by atoms with Crippen molar-refractivity contribution in [1.82, 2.24) is 9.55 Å². The summed E-state index contributed by atoms with van der Waals surface area (Å²) < 4.78 is 12.5. The Morgan fingerprint density at radius 3 is 2.41 bits per heavy atom. The summed E-state index contributed by atoms with van der Waals surface area (Å²) in [7, 11) is 4.87. The molecular formula is C20H21N3O3S. The number of imidazole rings is 1. The molecule has 1 aromatic heterocycles. The molecule has 0 spiro atoms. The van der Waals surface area contributed by atoms with E-state index in [1.165, 1.54) is 11.8 Å². The molecule has 0 fully saturated rings. The fraction of sp³-hybridized carbons (Fsp3) is 0.200. The number of amides is 1. The van der Waals surface area contributed by atoms with Gasteiger partial charge in [0.15, 0.2) is 16.7 Å². The number of carbonyl (C=O) groups is 1. The number of benzene rings is 2. The van der Waals surface area contributed by atoms with E-state index in [-0.39, 0.29) is 5.91 Å². The van der Waals surface area contributed by atoms with Gasteiger partial charge in [0.1, 0.15) is 5.69 Å². The van der Waals surface area contributed by atoms with E-state index in [2.05, 4.69) is 4.98 Å². The van der Waals surface area contributed by atoms with Gasteiger partial charge in [0.05, 0.1) is 20.4 Å². The van der Waals surface area contributed by atoms with Crippen LogP contribution in [0.5, 0.6) is 11.5 Å². The summed E-state index contributed by atoms with van der Waals surface area (Å²) in [6.07, 6.45) is 3.55. The lowest BCUT2D eigenvalue weighted by molar-refractivity contribution is 0.0986. The first-order valence-electron chi connectivity index (χ1n) is 8.28. The number of nitrogens with zero attached hydrogens (tertiary/aromatic N) is 3. The zero-order valence-electron chi connectivity index (χ0n) is 15.7. The van der Waals surface area contributed by atoms with Crippen LogP contribution in [0.3, 0.4) is 0 Å². The Morgan fingerprint density at radius 2 is 1.78 bits per heavy atom. The average Bonchev–Trinajstić information content (AvgIpc) is 3.16. The van der Waals surface area contributed by atoms with Crippen molar-refractivity contribution < 1.29 is 14.3 Å². The van der Waals surface area contributed by atoms with Crippen LogP contribution in [0.2, 0.25) is 0 Å². The van der Waals surface area contributed by atoms with Crippen molar-refractivity contribution in [2.45, 2.75) is 5.16 Å². The molecule has 1 heterocycles. The van der Waals surface area contributed by atoms with Gasteiger partial charge in [0.25, 0.3) is 5.91 Å². The zero-order valence-corrected chi connectivity index (χ0v) is 16.5. The van der Waals surface area contributed by atoms with E-state index in [1.54, 1.807) is 44.5 Å². The van der Waals surface area contributed by atoms with Crippen LogP contribution in [-0.4, -0.2) is 43.0 Å². The van der Waals surface area contributed by atoms with Crippen molar-refractivity contribution in [1.29, 1.82) is 0 Å². The van der Waals surface area contributed by atoms with E-state index in [4.69, 9.17) is 9.47 Å². The molecule has 3 rings (SSSR count). The maximum Gasteiger partial charge on any atom is 0.276 e. The molecule has 1 amide bonds. The topological polar surface area (TPSA) is 56.6 Å². The number of anilines is 1. The monoisotopic (exact) mass is 383 g/mol. The van der Waals surface area contributed by atoms with Gasteiger partial charge in [-0.2, -0.15) is 0 Å². The fourth-order valence-corrected chi connectivity index (χ4v) is 3.32. The first-order valence-corrected chi connectivity index (χ1v) is 9.50. The predicted molar refractivity (Wildman–Crippen MR) is 108 cm³/mol. The molecule has 140 valence electrons. The highest BCUT2D eigenvalue weighted by atomic mass is 32.2. The van der Waals surface area contributed by atoms with Gasteiger partial charge in [0, 0.05) is 24.5 Å². The number of ether oxygens (including phenoxy) is 2. The number of thioether (sulfide) groups is 1. The summed E-state index contributed by atoms with van der Waals surface area (Å²) in [6.45, 7) is 0. The van der Waals surface area contributed by atoms with E-state index in [0.29, 0.717) is 22.9 Å². The Bertz CT molecular complexity index is 941. The number of para-hydroxylation sites is 1. The highest BCUT2D eigenvalue weighted by Gasteiger charge is 2.22. The van der Waals surface area contributed by atoms with Gasteiger partial charge in [-0.15, -0.1) is 0 Å². The van der Waals surface area contributed by atoms with E-state index in [0.717, 1.165) is 10.8 Å². The predicted octanol–water partition coefficient (Wildman–Crippen LogP) is 3.89. The van der Waals surface area contributed by atoms with Crippen molar-refractivity contribution >= 4 is 23.4 Å². The van der Waals surface area contributed by atoms with Gasteiger partial charge in [-0.3, -0.25) is 9.36 Å². The average molecular weight is 383 g/mol. The van der Waals surface area contributed by atoms with Gasteiger partial charge in [-0.05, 0) is 30.5 Å². The minimum Gasteiger partial charge on any atom is -0.493 e. The van der Waals surface area contributed by atoms with E-state index in [9.17, 15) is 4.79 Å². The smallest absolute Gasteiger partial charge is 0.276 e. The Kier molecular flexibility index (Phi) is 5.71. The van der Waals surface area contributed by atoms with Crippen molar-refractivity contribution in [2.24, 2.45) is 0 Å². The van der Waals surface area contributed by atoms with Gasteiger partial charge in [-0.25, -0.2) is 4.98 Å². The normalized spacial score (nSPS) is 10.5. The maximum atomic E-state index is 13.2. The lowest BCUT2D eigenvalue weighted by atomic mass is 10.2. The van der Waals surface area contributed by atoms with E-state index < -0.39 is 0 Å². The molecule has 0 saturated carbocycles. The van der Waals surface area contributed by atoms with Crippen LogP contribution in [0.1, 0.15) is 10.5 Å². The quantitative estimate of drug-likeness (QED) is 0.605. The number of hydrogen-bond donors (Lipinski definition) is 0. The largest absolute Gasteiger partial charge is 0.493 e. The summed E-state index contributed by atoms with van der Waals surface area (Å²) >= 11 is 1.49. The number of methoxy groups -OCH3 is 2. The molecule has 2 aromatic carbocycles. The molecule has 27 heavy (non-hydrogen) atoms. The second-order valence-corrected chi connectivity index (χ2v) is 6.48. The van der Waals surface area contributed by atoms with Crippen LogP contribution >= 0.6 is 11.8 Å². The molecule has 0 N–H and O–H groups in total. The number of carbonyl (C=O) groups excluding carboxylic acids is 1. The van der Waals surface area contributed by atoms with Crippen molar-refractivity contribution in [3.05, 3.63) is 60.4 Å². The maximum absolute atomic E-state index is 13.2. The SMILES string of the molecule is COc1ccc(N(C)C(=O)c2cnc(SC)n2-c2ccccc2)cc1OC. The molecule has 0 bridgehead atoms. The van der Waals surface area contributed by atoms with Crippen molar-refractivity contribution in [2.75, 3.05) is 32.4 Å². The Hall–Kier alpha value is -2.93. The van der Waals surface area contributed by atoms with Gasteiger partial charge in [-0.1, -0.05) is 30.0 Å². The molecular weight excluding hydrogens is 362 g/mol. The van der Waals surface area contributed by atoms with E-state index >= 15 is 0 Å². The molecule has 0 radical (unpaired) electrons. The summed E-state index contributed by atoms with van der Waals surface area (Å²) in [5.41, 5.74) is 2.08. The third-order valence-corrected chi connectivity index (χ3v) is 4.86. The number of hydrogen-bond acceptors (Lipinski definition) is 5. The summed E-state index contributed by atoms with van der Waals surface area (Å²) in [6, 6.07) is 15.1. The molecule has 0 aliphatic heterocycles. The second-order valence-electron chi connectivity index (χ2n) is 5.70. The van der Waals surface area contributed by atoms with Crippen LogP contribution in [0, 0.1) is 0 Å². The standard InChI is InChI=1S/C20H21N3O3S/c1-22(15-10-11-17(25-2)18(12-15)26-3)19(24)16-13-21-20(27-4)23(16)14-8-6-5-7-9-14/h5-13H,1-4H3. The molecule has 3 aromatic rings. The minimum absolute atomic E-state index is 0.168. The highest BCUT2D eigenvalue weighted by Crippen LogP contribution is 2.32. The van der Waals surface area contributed by atoms with Gasteiger partial charge >= 0.3 is 0 Å². The minimum atomic E-state index is -0.168. The fourth-order valence-electron chi connectivity index (χ4n) is 2.78. The number of rotatable bonds is 6. The van der Waals surface area contributed by atoms with Crippen molar-refractivity contribution in [3.8, 4) is 17.2 Å². The van der Waals surface area contributed by atoms with Crippen molar-refractivity contribution in [3.63, 3.8) is 0 Å². The first kappa shape index (κ1) is 18.8. The lowest BCUT2D eigenvalue weighted by Gasteiger charge is -2.20. The Morgan fingerprint density at radius 1 is 1.07 bits per heavy atom. The zero-order chi connectivity index (χ0) is 19.4. The molecule has 6 nitrogen and oxygen atoms in total. The van der Waals surface area contributed by atoms with Gasteiger partial charge < -0.3 is 14.4 Å². The third kappa shape index (κ3) is 3.64. The second kappa shape index (κ2) is 8.18. The molecule has 0 aliphatic rings.